The Morgan fingerprint density at radius 3 is 2.35 bits per heavy atom. The first-order valence-corrected chi connectivity index (χ1v) is 7.57. The summed E-state index contributed by atoms with van der Waals surface area (Å²) in [5, 5.41) is 7.60. The van der Waals surface area contributed by atoms with Crippen LogP contribution in [-0.2, 0) is 10.0 Å². The Hall–Kier alpha value is -1.47. The van der Waals surface area contributed by atoms with E-state index in [-0.39, 0.29) is 21.4 Å². The number of hydrogen-bond donors (Lipinski definition) is 2. The van der Waals surface area contributed by atoms with Gasteiger partial charge in [-0.2, -0.15) is 0 Å². The summed E-state index contributed by atoms with van der Waals surface area (Å²) < 4.78 is 36.6. The largest absolute Gasteiger partial charge is 0.351 e. The molecule has 0 atom stereocenters. The Labute approximate surface area is 118 Å². The van der Waals surface area contributed by atoms with Crippen molar-refractivity contribution in [3.8, 4) is 0 Å². The van der Waals surface area contributed by atoms with Crippen molar-refractivity contribution in [3.63, 3.8) is 0 Å². The SMILES string of the molecule is Cc1cc(F)c(C(=O)NCC(C)(C)C)cc1S(N)(=O)=O. The van der Waals surface area contributed by atoms with E-state index in [1.807, 2.05) is 20.8 Å². The second kappa shape index (κ2) is 5.49. The minimum atomic E-state index is -4.00. The molecule has 0 heterocycles. The molecule has 20 heavy (non-hydrogen) atoms. The number of carbonyl (C=O) groups excluding carboxylic acids is 1. The van der Waals surface area contributed by atoms with Crippen molar-refractivity contribution >= 4 is 15.9 Å². The number of primary sulfonamides is 1. The maximum absolute atomic E-state index is 13.8. The third kappa shape index (κ3) is 4.28. The molecule has 0 aliphatic heterocycles. The van der Waals surface area contributed by atoms with Gasteiger partial charge in [0.2, 0.25) is 10.0 Å². The first-order chi connectivity index (χ1) is 8.92. The predicted octanol–water partition coefficient (Wildman–Crippen LogP) is 1.56. The lowest BCUT2D eigenvalue weighted by molar-refractivity contribution is 0.0935. The molecule has 0 saturated heterocycles. The number of sulfonamides is 1. The number of aryl methyl sites for hydroxylation is 1. The summed E-state index contributed by atoms with van der Waals surface area (Å²) in [7, 11) is -4.00. The number of amides is 1. The third-order valence-corrected chi connectivity index (χ3v) is 3.65. The van der Waals surface area contributed by atoms with Crippen molar-refractivity contribution in [2.24, 2.45) is 10.6 Å². The van der Waals surface area contributed by atoms with Gasteiger partial charge in [-0.25, -0.2) is 17.9 Å². The molecular weight excluding hydrogens is 283 g/mol. The van der Waals surface area contributed by atoms with Gasteiger partial charge in [-0.3, -0.25) is 4.79 Å². The van der Waals surface area contributed by atoms with Crippen LogP contribution in [0.5, 0.6) is 0 Å². The highest BCUT2D eigenvalue weighted by Crippen LogP contribution is 2.19. The maximum Gasteiger partial charge on any atom is 0.254 e. The van der Waals surface area contributed by atoms with Crippen LogP contribution in [-0.4, -0.2) is 20.9 Å². The zero-order valence-corrected chi connectivity index (χ0v) is 12.8. The molecule has 1 aromatic rings. The Bertz CT molecular complexity index is 634. The molecule has 0 aliphatic carbocycles. The molecule has 1 aromatic carbocycles. The highest BCUT2D eigenvalue weighted by Gasteiger charge is 2.20. The van der Waals surface area contributed by atoms with Crippen LogP contribution in [0.1, 0.15) is 36.7 Å². The van der Waals surface area contributed by atoms with Crippen LogP contribution < -0.4 is 10.5 Å². The summed E-state index contributed by atoms with van der Waals surface area (Å²) in [6.07, 6.45) is 0. The fraction of sp³-hybridized carbons (Fsp3) is 0.462. The number of halogens is 1. The van der Waals surface area contributed by atoms with Crippen LogP contribution in [0.4, 0.5) is 4.39 Å². The minimum absolute atomic E-state index is 0.164. The van der Waals surface area contributed by atoms with Crippen LogP contribution in [0, 0.1) is 18.2 Å². The minimum Gasteiger partial charge on any atom is -0.351 e. The zero-order chi connectivity index (χ0) is 15.7. The molecule has 3 N–H and O–H groups in total. The lowest BCUT2D eigenvalue weighted by Gasteiger charge is -2.19. The summed E-state index contributed by atoms with van der Waals surface area (Å²) in [6, 6.07) is 1.96. The molecular formula is C13H19FN2O3S. The van der Waals surface area contributed by atoms with Gasteiger partial charge in [0, 0.05) is 6.54 Å². The van der Waals surface area contributed by atoms with Gasteiger partial charge in [-0.15, -0.1) is 0 Å². The average Bonchev–Trinajstić information content (AvgIpc) is 2.23. The fourth-order valence-corrected chi connectivity index (χ4v) is 2.36. The van der Waals surface area contributed by atoms with Crippen LogP contribution >= 0.6 is 0 Å². The van der Waals surface area contributed by atoms with Crippen molar-refractivity contribution < 1.29 is 17.6 Å². The van der Waals surface area contributed by atoms with E-state index in [0.29, 0.717) is 6.54 Å². The van der Waals surface area contributed by atoms with Gasteiger partial charge in [0.1, 0.15) is 5.82 Å². The molecule has 1 amide bonds. The molecule has 0 bridgehead atoms. The number of nitrogens with two attached hydrogens (primary N) is 1. The van der Waals surface area contributed by atoms with E-state index in [4.69, 9.17) is 5.14 Å². The van der Waals surface area contributed by atoms with E-state index >= 15 is 0 Å². The molecule has 0 saturated carbocycles. The standard InChI is InChI=1S/C13H19FN2O3S/c1-8-5-10(14)9(6-11(8)20(15,18)19)12(17)16-7-13(2,3)4/h5-6H,7H2,1-4H3,(H,16,17)(H2,15,18,19). The van der Waals surface area contributed by atoms with Gasteiger partial charge in [-0.1, -0.05) is 20.8 Å². The third-order valence-electron chi connectivity index (χ3n) is 2.60. The molecule has 0 unspecified atom stereocenters. The van der Waals surface area contributed by atoms with Crippen molar-refractivity contribution in [1.82, 2.24) is 5.32 Å². The zero-order valence-electron chi connectivity index (χ0n) is 12.0. The van der Waals surface area contributed by atoms with E-state index in [9.17, 15) is 17.6 Å². The lowest BCUT2D eigenvalue weighted by Crippen LogP contribution is -2.33. The molecule has 5 nitrogen and oxygen atoms in total. The number of rotatable bonds is 3. The van der Waals surface area contributed by atoms with E-state index in [1.165, 1.54) is 6.92 Å². The Balaban J connectivity index is 3.16. The van der Waals surface area contributed by atoms with E-state index in [2.05, 4.69) is 5.32 Å². The summed E-state index contributed by atoms with van der Waals surface area (Å²) in [6.45, 7) is 7.49. The van der Waals surface area contributed by atoms with Crippen LogP contribution in [0.3, 0.4) is 0 Å². The predicted molar refractivity (Wildman–Crippen MR) is 74.3 cm³/mol. The molecule has 0 fully saturated rings. The van der Waals surface area contributed by atoms with Crippen LogP contribution in [0.2, 0.25) is 0 Å². The number of benzene rings is 1. The summed E-state index contributed by atoms with van der Waals surface area (Å²) in [5.41, 5.74) is -0.333. The lowest BCUT2D eigenvalue weighted by atomic mass is 9.97. The van der Waals surface area contributed by atoms with Crippen LogP contribution in [0.25, 0.3) is 0 Å². The molecule has 0 radical (unpaired) electrons. The number of hydrogen-bond acceptors (Lipinski definition) is 3. The Morgan fingerprint density at radius 2 is 1.90 bits per heavy atom. The molecule has 112 valence electrons. The highest BCUT2D eigenvalue weighted by molar-refractivity contribution is 7.89. The summed E-state index contributed by atoms with van der Waals surface area (Å²) in [5.74, 6) is -1.44. The number of carbonyl (C=O) groups is 1. The second-order valence-electron chi connectivity index (χ2n) is 5.89. The Morgan fingerprint density at radius 1 is 1.35 bits per heavy atom. The van der Waals surface area contributed by atoms with Gasteiger partial charge in [0.25, 0.3) is 5.91 Å². The number of nitrogens with one attached hydrogen (secondary N) is 1. The average molecular weight is 302 g/mol. The monoisotopic (exact) mass is 302 g/mol. The van der Waals surface area contributed by atoms with Crippen molar-refractivity contribution in [2.45, 2.75) is 32.6 Å². The fourth-order valence-electron chi connectivity index (χ4n) is 1.57. The van der Waals surface area contributed by atoms with E-state index in [1.54, 1.807) is 0 Å². The molecule has 0 spiro atoms. The quantitative estimate of drug-likeness (QED) is 0.888. The van der Waals surface area contributed by atoms with E-state index < -0.39 is 21.7 Å². The first-order valence-electron chi connectivity index (χ1n) is 6.03. The molecule has 0 aromatic heterocycles. The van der Waals surface area contributed by atoms with Crippen molar-refractivity contribution in [1.29, 1.82) is 0 Å². The summed E-state index contributed by atoms with van der Waals surface area (Å²) in [4.78, 5) is 11.7. The normalized spacial score (nSPS) is 12.3. The smallest absolute Gasteiger partial charge is 0.254 e. The van der Waals surface area contributed by atoms with E-state index in [0.717, 1.165) is 12.1 Å². The second-order valence-corrected chi connectivity index (χ2v) is 7.42. The van der Waals surface area contributed by atoms with Gasteiger partial charge < -0.3 is 5.32 Å². The first kappa shape index (κ1) is 16.6. The van der Waals surface area contributed by atoms with Gasteiger partial charge in [0.05, 0.1) is 10.5 Å². The maximum atomic E-state index is 13.8. The molecule has 7 heteroatoms. The topological polar surface area (TPSA) is 89.3 Å². The van der Waals surface area contributed by atoms with Gasteiger partial charge in [0.15, 0.2) is 0 Å². The molecule has 0 aliphatic rings. The van der Waals surface area contributed by atoms with Crippen molar-refractivity contribution in [2.75, 3.05) is 6.54 Å². The van der Waals surface area contributed by atoms with Gasteiger partial charge >= 0.3 is 0 Å². The molecule has 1 rings (SSSR count). The van der Waals surface area contributed by atoms with Crippen molar-refractivity contribution in [3.05, 3.63) is 29.1 Å². The highest BCUT2D eigenvalue weighted by atomic mass is 32.2. The van der Waals surface area contributed by atoms with Crippen LogP contribution in [0.15, 0.2) is 17.0 Å². The Kier molecular flexibility index (Phi) is 4.55. The summed E-state index contributed by atoms with van der Waals surface area (Å²) >= 11 is 0. The van der Waals surface area contributed by atoms with Gasteiger partial charge in [-0.05, 0) is 30.0 Å².